The van der Waals surface area contributed by atoms with Crippen molar-refractivity contribution in [1.29, 1.82) is 0 Å². The minimum Gasteiger partial charge on any atom is -0.0622 e. The van der Waals surface area contributed by atoms with E-state index in [0.29, 0.717) is 0 Å². The van der Waals surface area contributed by atoms with Crippen LogP contribution >= 0.6 is 0 Å². The van der Waals surface area contributed by atoms with Crippen LogP contribution in [0.25, 0.3) is 120 Å². The summed E-state index contributed by atoms with van der Waals surface area (Å²) >= 11 is 0. The van der Waals surface area contributed by atoms with Crippen LogP contribution in [0.5, 0.6) is 0 Å². The minimum absolute atomic E-state index is 1.21. The maximum absolute atomic E-state index is 2.49. The van der Waals surface area contributed by atoms with Crippen LogP contribution in [0.3, 0.4) is 0 Å². The van der Waals surface area contributed by atoms with E-state index in [2.05, 4.69) is 234 Å². The van der Waals surface area contributed by atoms with Crippen molar-refractivity contribution < 1.29 is 0 Å². The molecule has 0 amide bonds. The van der Waals surface area contributed by atoms with Crippen molar-refractivity contribution in [3.63, 3.8) is 0 Å². The molecule has 0 nitrogen and oxygen atoms in total. The second-order valence-electron chi connectivity index (χ2n) is 17.8. The zero-order chi connectivity index (χ0) is 43.1. The van der Waals surface area contributed by atoms with Gasteiger partial charge in [-0.2, -0.15) is 0 Å². The summed E-state index contributed by atoms with van der Waals surface area (Å²) in [7, 11) is 0. The number of benzene rings is 12. The first-order chi connectivity index (χ1) is 31.4. The molecule has 0 aromatic heterocycles. The number of aryl methyl sites for hydroxylation is 4. The van der Waals surface area contributed by atoms with Crippen LogP contribution in [0, 0.1) is 27.7 Å². The maximum Gasteiger partial charge on any atom is -0.00921 e. The molecule has 0 fully saturated rings. The number of hydrogen-bond donors (Lipinski definition) is 0. The Hall–Kier alpha value is -7.80. The summed E-state index contributed by atoms with van der Waals surface area (Å²) in [5.74, 6) is 0. The van der Waals surface area contributed by atoms with Gasteiger partial charge in [0.25, 0.3) is 0 Å². The quantitative estimate of drug-likeness (QED) is 0.152. The van der Waals surface area contributed by atoms with E-state index in [0.717, 1.165) is 0 Å². The van der Waals surface area contributed by atoms with E-state index in [1.54, 1.807) is 0 Å². The molecule has 0 heteroatoms. The fourth-order valence-corrected chi connectivity index (χ4v) is 11.0. The Bertz CT molecular complexity index is 3810. The van der Waals surface area contributed by atoms with E-state index in [9.17, 15) is 0 Å². The molecule has 12 aromatic carbocycles. The lowest BCUT2D eigenvalue weighted by molar-refractivity contribution is 1.38. The maximum atomic E-state index is 2.49. The Balaban J connectivity index is 1.19. The van der Waals surface area contributed by atoms with Crippen LogP contribution in [0.2, 0.25) is 0 Å². The summed E-state index contributed by atoms with van der Waals surface area (Å²) in [4.78, 5) is 0. The second-order valence-corrected chi connectivity index (χ2v) is 17.8. The number of hydrogen-bond acceptors (Lipinski definition) is 0. The minimum atomic E-state index is 1.21. The lowest BCUT2D eigenvalue weighted by atomic mass is 9.83. The van der Waals surface area contributed by atoms with Gasteiger partial charge in [0.2, 0.25) is 0 Å². The van der Waals surface area contributed by atoms with Crippen molar-refractivity contribution in [1.82, 2.24) is 0 Å². The summed E-state index contributed by atoms with van der Waals surface area (Å²) < 4.78 is 0. The van der Waals surface area contributed by atoms with Gasteiger partial charge in [0.05, 0.1) is 0 Å². The predicted molar refractivity (Wildman–Crippen MR) is 278 cm³/mol. The summed E-state index contributed by atoms with van der Waals surface area (Å²) in [6.45, 7) is 9.01. The molecule has 0 atom stereocenters. The molecule has 12 rings (SSSR count). The van der Waals surface area contributed by atoms with E-state index in [-0.39, 0.29) is 0 Å². The van der Waals surface area contributed by atoms with Crippen molar-refractivity contribution in [2.24, 2.45) is 0 Å². The molecule has 302 valence electrons. The molecule has 0 unspecified atom stereocenters. The Kier molecular flexibility index (Phi) is 8.85. The monoisotopic (exact) mass is 814 g/mol. The van der Waals surface area contributed by atoms with Gasteiger partial charge >= 0.3 is 0 Å². The van der Waals surface area contributed by atoms with Crippen molar-refractivity contribution in [3.8, 4) is 55.6 Å². The van der Waals surface area contributed by atoms with Crippen LogP contribution in [-0.2, 0) is 0 Å². The van der Waals surface area contributed by atoms with E-state index < -0.39 is 0 Å². The average Bonchev–Trinajstić information content (AvgIpc) is 3.33. The molecule has 0 bridgehead atoms. The smallest absolute Gasteiger partial charge is 0.00921 e. The lowest BCUT2D eigenvalue weighted by Gasteiger charge is -2.20. The second kappa shape index (κ2) is 14.9. The summed E-state index contributed by atoms with van der Waals surface area (Å²) in [6, 6.07) is 77.3. The summed E-state index contributed by atoms with van der Waals surface area (Å²) in [5, 5.41) is 15.3. The molecule has 12 aromatic rings. The van der Waals surface area contributed by atoms with Gasteiger partial charge in [-0.15, -0.1) is 0 Å². The van der Waals surface area contributed by atoms with Crippen LogP contribution in [-0.4, -0.2) is 0 Å². The van der Waals surface area contributed by atoms with Gasteiger partial charge in [-0.05, 0) is 207 Å². The van der Waals surface area contributed by atoms with E-state index in [1.807, 2.05) is 0 Å². The van der Waals surface area contributed by atoms with Gasteiger partial charge in [0.15, 0.2) is 0 Å². The molecule has 0 aliphatic heterocycles. The lowest BCUT2D eigenvalue weighted by Crippen LogP contribution is -1.94. The molecular formula is C64H46. The molecule has 64 heavy (non-hydrogen) atoms. The third-order valence-electron chi connectivity index (χ3n) is 14.0. The Labute approximate surface area is 374 Å². The van der Waals surface area contributed by atoms with Gasteiger partial charge in [-0.1, -0.05) is 170 Å². The van der Waals surface area contributed by atoms with Gasteiger partial charge in [0.1, 0.15) is 0 Å². The molecule has 0 aliphatic rings. The highest BCUT2D eigenvalue weighted by atomic mass is 14.2. The Morgan fingerprint density at radius 3 is 0.906 bits per heavy atom. The summed E-state index contributed by atoms with van der Waals surface area (Å²) in [6.07, 6.45) is 0. The van der Waals surface area contributed by atoms with Crippen LogP contribution in [0.1, 0.15) is 22.3 Å². The van der Waals surface area contributed by atoms with Crippen LogP contribution in [0.4, 0.5) is 0 Å². The first-order valence-electron chi connectivity index (χ1n) is 22.5. The van der Waals surface area contributed by atoms with E-state index in [4.69, 9.17) is 0 Å². The highest BCUT2D eigenvalue weighted by Crippen LogP contribution is 2.47. The summed E-state index contributed by atoms with van der Waals surface area (Å²) in [5.41, 5.74) is 17.8. The zero-order valence-corrected chi connectivity index (χ0v) is 36.6. The van der Waals surface area contributed by atoms with Gasteiger partial charge in [-0.25, -0.2) is 0 Å². The largest absolute Gasteiger partial charge is 0.0622 e. The predicted octanol–water partition coefficient (Wildman–Crippen LogP) is 18.2. The van der Waals surface area contributed by atoms with Gasteiger partial charge in [-0.3, -0.25) is 0 Å². The third kappa shape index (κ3) is 5.98. The Morgan fingerprint density at radius 2 is 0.484 bits per heavy atom. The van der Waals surface area contributed by atoms with E-state index in [1.165, 1.54) is 143 Å². The molecule has 0 spiro atoms. The Morgan fingerprint density at radius 1 is 0.188 bits per heavy atom. The zero-order valence-electron chi connectivity index (χ0n) is 36.6. The number of rotatable bonds is 5. The number of fused-ring (bicyclic) bond motifs is 10. The third-order valence-corrected chi connectivity index (χ3v) is 14.0. The van der Waals surface area contributed by atoms with Crippen molar-refractivity contribution >= 4 is 64.6 Å². The molecule has 0 N–H and O–H groups in total. The molecule has 0 aliphatic carbocycles. The molecule has 0 heterocycles. The first kappa shape index (κ1) is 37.9. The highest BCUT2D eigenvalue weighted by Gasteiger charge is 2.20. The van der Waals surface area contributed by atoms with Crippen LogP contribution < -0.4 is 0 Å². The van der Waals surface area contributed by atoms with Gasteiger partial charge in [0, 0.05) is 0 Å². The van der Waals surface area contributed by atoms with Crippen molar-refractivity contribution in [2.45, 2.75) is 27.7 Å². The first-order valence-corrected chi connectivity index (χ1v) is 22.5. The normalized spacial score (nSPS) is 11.8. The molecule has 0 saturated heterocycles. The molecule has 0 radical (unpaired) electrons. The molecular weight excluding hydrogens is 769 g/mol. The van der Waals surface area contributed by atoms with E-state index >= 15 is 0 Å². The van der Waals surface area contributed by atoms with Crippen molar-refractivity contribution in [3.05, 3.63) is 229 Å². The van der Waals surface area contributed by atoms with Gasteiger partial charge < -0.3 is 0 Å². The fourth-order valence-electron chi connectivity index (χ4n) is 11.0. The topological polar surface area (TPSA) is 0 Å². The fraction of sp³-hybridized carbons (Fsp3) is 0.0625. The average molecular weight is 815 g/mol. The molecule has 0 saturated carbocycles. The van der Waals surface area contributed by atoms with Crippen molar-refractivity contribution in [2.75, 3.05) is 0 Å². The standard InChI is InChI=1S/C64H46/c1-39-17-15-18-40(2)63(39)61-38-60-56-34-46(30-32-52(56)62(64-41(3)19-16-20-42(64)4)37-58(60)49-27-13-14-28-50(49)61)45-29-31-51-54(44-23-9-6-10-24-44)35-57-48-26-12-11-25-47(48)53(36-59(57)55(51)33-45)43-21-7-5-8-22-43/h5-38H,1-4H3. The SMILES string of the molecule is Cc1cccc(C)c1-c1cc2c3cc(-c4ccc5c(-c6ccccc6)cc6c7ccccc7c(-c7ccccc7)cc6c5c4)ccc3c(-c3c(C)cccc3C)cc2c2ccccc12. The highest BCUT2D eigenvalue weighted by molar-refractivity contribution is 6.26. The van der Waals surface area contributed by atoms with Crippen LogP contribution in [0.15, 0.2) is 206 Å².